The van der Waals surface area contributed by atoms with Crippen LogP contribution in [0.4, 0.5) is 4.39 Å². The molecule has 0 rings (SSSR count). The Balaban J connectivity index is 3.15. The van der Waals surface area contributed by atoms with Crippen molar-refractivity contribution in [3.8, 4) is 0 Å². The molecular weight excluding hydrogens is 341 g/mol. The zero-order chi connectivity index (χ0) is 5.91. The lowest BCUT2D eigenvalue weighted by Crippen LogP contribution is -2.03. The summed E-state index contributed by atoms with van der Waals surface area (Å²) in [5, 5.41) is 0. The standard InChI is InChI=1S/C3H5FI2S/c1-7-2-3(4,5)6/h2H2,1H3. The van der Waals surface area contributed by atoms with E-state index in [9.17, 15) is 4.39 Å². The normalized spacial score (nSPS) is 12.0. The van der Waals surface area contributed by atoms with Crippen molar-refractivity contribution >= 4 is 56.9 Å². The van der Waals surface area contributed by atoms with Gasteiger partial charge in [0.05, 0.1) is 0 Å². The van der Waals surface area contributed by atoms with E-state index in [1.807, 2.05) is 6.26 Å². The maximum Gasteiger partial charge on any atom is 0.219 e. The van der Waals surface area contributed by atoms with E-state index in [2.05, 4.69) is 0 Å². The quantitative estimate of drug-likeness (QED) is 0.548. The van der Waals surface area contributed by atoms with E-state index in [0.29, 0.717) is 5.75 Å². The summed E-state index contributed by atoms with van der Waals surface area (Å²) < 4.78 is 11.3. The molecule has 0 N–H and O–H groups in total. The van der Waals surface area contributed by atoms with Crippen molar-refractivity contribution in [3.05, 3.63) is 0 Å². The summed E-state index contributed by atoms with van der Waals surface area (Å²) >= 11 is 5.07. The fourth-order valence-electron chi connectivity index (χ4n) is 0.164. The van der Waals surface area contributed by atoms with Gasteiger partial charge in [0, 0.05) is 5.75 Å². The lowest BCUT2D eigenvalue weighted by atomic mass is 10.9. The molecule has 0 aromatic rings. The maximum atomic E-state index is 12.3. The molecular formula is C3H5FI2S. The highest BCUT2D eigenvalue weighted by Gasteiger charge is 2.18. The lowest BCUT2D eigenvalue weighted by molar-refractivity contribution is 0.491. The number of hydrogen-bond donors (Lipinski definition) is 0. The van der Waals surface area contributed by atoms with E-state index < -0.39 is 1.68 Å². The zero-order valence-corrected chi connectivity index (χ0v) is 8.88. The van der Waals surface area contributed by atoms with E-state index in [1.54, 1.807) is 45.2 Å². The number of thioether (sulfide) groups is 1. The predicted molar refractivity (Wildman–Crippen MR) is 50.3 cm³/mol. The van der Waals surface area contributed by atoms with Crippen molar-refractivity contribution in [1.29, 1.82) is 0 Å². The van der Waals surface area contributed by atoms with Crippen LogP contribution in [-0.2, 0) is 0 Å². The Morgan fingerprint density at radius 3 is 2.14 bits per heavy atom. The molecule has 0 spiro atoms. The molecule has 0 heterocycles. The number of alkyl halides is 3. The summed E-state index contributed by atoms with van der Waals surface area (Å²) in [4.78, 5) is 0. The summed E-state index contributed by atoms with van der Waals surface area (Å²) in [7, 11) is 0. The fourth-order valence-corrected chi connectivity index (χ4v) is 2.36. The van der Waals surface area contributed by atoms with E-state index in [0.717, 1.165) is 0 Å². The Morgan fingerprint density at radius 1 is 1.71 bits per heavy atom. The molecule has 0 aromatic heterocycles. The predicted octanol–water partition coefficient (Wildman–Crippen LogP) is 2.84. The minimum absolute atomic E-state index is 0.564. The van der Waals surface area contributed by atoms with E-state index in [-0.39, 0.29) is 0 Å². The van der Waals surface area contributed by atoms with Gasteiger partial charge in [-0.25, -0.2) is 4.39 Å². The van der Waals surface area contributed by atoms with Crippen LogP contribution in [0, 0.1) is 0 Å². The molecule has 0 unspecified atom stereocenters. The smallest absolute Gasteiger partial charge is 0.219 e. The highest BCUT2D eigenvalue weighted by Crippen LogP contribution is 2.31. The van der Waals surface area contributed by atoms with Gasteiger partial charge >= 0.3 is 0 Å². The van der Waals surface area contributed by atoms with E-state index in [4.69, 9.17) is 0 Å². The third-order valence-electron chi connectivity index (χ3n) is 0.308. The van der Waals surface area contributed by atoms with Gasteiger partial charge in [-0.3, -0.25) is 0 Å². The Morgan fingerprint density at radius 2 is 2.14 bits per heavy atom. The van der Waals surface area contributed by atoms with Crippen LogP contribution in [0.2, 0.25) is 0 Å². The Labute approximate surface area is 74.3 Å². The molecule has 0 saturated heterocycles. The topological polar surface area (TPSA) is 0 Å². The van der Waals surface area contributed by atoms with E-state index in [1.165, 1.54) is 11.8 Å². The van der Waals surface area contributed by atoms with Crippen molar-refractivity contribution < 1.29 is 4.39 Å². The Hall–Kier alpha value is 1.74. The van der Waals surface area contributed by atoms with Crippen LogP contribution in [0.15, 0.2) is 0 Å². The van der Waals surface area contributed by atoms with Crippen LogP contribution in [0.3, 0.4) is 0 Å². The summed E-state index contributed by atoms with van der Waals surface area (Å²) in [6.07, 6.45) is 1.89. The van der Waals surface area contributed by atoms with Crippen LogP contribution < -0.4 is 0 Å². The highest BCUT2D eigenvalue weighted by atomic mass is 127. The molecule has 0 aromatic carbocycles. The highest BCUT2D eigenvalue weighted by molar-refractivity contribution is 14.2. The molecule has 0 radical (unpaired) electrons. The average Bonchev–Trinajstić information content (AvgIpc) is 1.30. The lowest BCUT2D eigenvalue weighted by Gasteiger charge is -2.05. The minimum atomic E-state index is -1.05. The molecule has 0 nitrogen and oxygen atoms in total. The molecule has 4 heteroatoms. The molecule has 0 saturated carbocycles. The van der Waals surface area contributed by atoms with Gasteiger partial charge in [-0.2, -0.15) is 11.8 Å². The second-order valence-electron chi connectivity index (χ2n) is 1.05. The van der Waals surface area contributed by atoms with Gasteiger partial charge in [-0.1, -0.05) is 0 Å². The van der Waals surface area contributed by atoms with Crippen LogP contribution in [-0.4, -0.2) is 13.7 Å². The molecule has 7 heavy (non-hydrogen) atoms. The van der Waals surface area contributed by atoms with Crippen molar-refractivity contribution in [3.63, 3.8) is 0 Å². The maximum absolute atomic E-state index is 12.3. The molecule has 0 fully saturated rings. The number of rotatable bonds is 2. The summed E-state index contributed by atoms with van der Waals surface area (Å²) in [6, 6.07) is 0. The van der Waals surface area contributed by atoms with Gasteiger partial charge in [0.1, 0.15) is 0 Å². The largest absolute Gasteiger partial charge is 0.220 e. The second-order valence-corrected chi connectivity index (χ2v) is 7.40. The van der Waals surface area contributed by atoms with Gasteiger partial charge < -0.3 is 0 Å². The summed E-state index contributed by atoms with van der Waals surface area (Å²) in [6.45, 7) is 0. The van der Waals surface area contributed by atoms with Gasteiger partial charge in [-0.05, 0) is 51.4 Å². The van der Waals surface area contributed by atoms with Crippen LogP contribution >= 0.6 is 56.9 Å². The molecule has 0 aliphatic carbocycles. The monoisotopic (exact) mass is 346 g/mol. The minimum Gasteiger partial charge on any atom is -0.220 e. The molecule has 0 amide bonds. The third kappa shape index (κ3) is 7.74. The Bertz CT molecular complexity index is 51.4. The van der Waals surface area contributed by atoms with Crippen molar-refractivity contribution in [2.75, 3.05) is 12.0 Å². The first-order valence-corrected chi connectivity index (χ1v) is 5.17. The fraction of sp³-hybridized carbons (Fsp3) is 1.00. The van der Waals surface area contributed by atoms with Crippen molar-refractivity contribution in [2.24, 2.45) is 0 Å². The third-order valence-corrected chi connectivity index (χ3v) is 2.79. The van der Waals surface area contributed by atoms with Crippen molar-refractivity contribution in [2.45, 2.75) is 1.68 Å². The van der Waals surface area contributed by atoms with E-state index >= 15 is 0 Å². The first-order chi connectivity index (χ1) is 3.06. The summed E-state index contributed by atoms with van der Waals surface area (Å²) in [5.41, 5.74) is 0. The first kappa shape index (κ1) is 8.74. The Kier molecular flexibility index (Phi) is 4.63. The van der Waals surface area contributed by atoms with Crippen molar-refractivity contribution in [1.82, 2.24) is 0 Å². The van der Waals surface area contributed by atoms with Gasteiger partial charge in [0.15, 0.2) is 0 Å². The van der Waals surface area contributed by atoms with Gasteiger partial charge in [-0.15, -0.1) is 0 Å². The SMILES string of the molecule is CSCC(F)(I)I. The van der Waals surface area contributed by atoms with Gasteiger partial charge in [0.2, 0.25) is 1.68 Å². The zero-order valence-electron chi connectivity index (χ0n) is 3.75. The molecule has 0 aliphatic heterocycles. The molecule has 0 bridgehead atoms. The molecule has 0 aliphatic rings. The second kappa shape index (κ2) is 3.71. The number of halogens is 3. The molecule has 44 valence electrons. The molecule has 0 atom stereocenters. The first-order valence-electron chi connectivity index (χ1n) is 1.62. The number of hydrogen-bond acceptors (Lipinski definition) is 1. The summed E-state index contributed by atoms with van der Waals surface area (Å²) in [5.74, 6) is 0.564. The van der Waals surface area contributed by atoms with Crippen LogP contribution in [0.1, 0.15) is 0 Å². The van der Waals surface area contributed by atoms with Crippen LogP contribution in [0.25, 0.3) is 0 Å². The van der Waals surface area contributed by atoms with Gasteiger partial charge in [0.25, 0.3) is 0 Å². The average molecular weight is 346 g/mol. The van der Waals surface area contributed by atoms with Crippen LogP contribution in [0.5, 0.6) is 0 Å².